The Morgan fingerprint density at radius 1 is 1.10 bits per heavy atom. The first kappa shape index (κ1) is 14.1. The molecule has 1 aliphatic heterocycles. The van der Waals surface area contributed by atoms with Crippen LogP contribution < -0.4 is 10.2 Å². The van der Waals surface area contributed by atoms with Crippen LogP contribution in [0.4, 0.5) is 5.69 Å². The van der Waals surface area contributed by atoms with Crippen molar-refractivity contribution in [2.24, 2.45) is 0 Å². The Kier molecular flexibility index (Phi) is 3.68. The van der Waals surface area contributed by atoms with E-state index >= 15 is 0 Å². The monoisotopic (exact) mass is 285 g/mol. The van der Waals surface area contributed by atoms with Crippen LogP contribution in [0.25, 0.3) is 5.82 Å². The van der Waals surface area contributed by atoms with E-state index < -0.39 is 0 Å². The molecule has 3 rings (SSSR count). The predicted molar refractivity (Wildman–Crippen MR) is 85.1 cm³/mol. The summed E-state index contributed by atoms with van der Waals surface area (Å²) in [6, 6.07) is 4.17. The second-order valence-corrected chi connectivity index (χ2v) is 6.54. The molecule has 0 bridgehead atoms. The standard InChI is InChI=1S/C16H23N5/c1-16(2,3)13-10-19-21(12-13)15-5-4-14(11-18-15)20-8-6-17-7-9-20/h4-5,10-12,17H,6-9H2,1-3H3. The lowest BCUT2D eigenvalue weighted by molar-refractivity contribution is 0.588. The van der Waals surface area contributed by atoms with Crippen LogP contribution in [0.3, 0.4) is 0 Å². The fraction of sp³-hybridized carbons (Fsp3) is 0.500. The molecule has 1 N–H and O–H groups in total. The summed E-state index contributed by atoms with van der Waals surface area (Å²) < 4.78 is 1.85. The summed E-state index contributed by atoms with van der Waals surface area (Å²) in [5.41, 5.74) is 2.51. The Hall–Kier alpha value is -1.88. The molecule has 0 spiro atoms. The zero-order valence-corrected chi connectivity index (χ0v) is 13.0. The summed E-state index contributed by atoms with van der Waals surface area (Å²) in [7, 11) is 0. The number of rotatable bonds is 2. The average molecular weight is 285 g/mol. The molecule has 2 aromatic heterocycles. The van der Waals surface area contributed by atoms with E-state index in [1.54, 1.807) is 0 Å². The molecule has 3 heterocycles. The zero-order chi connectivity index (χ0) is 14.9. The first-order valence-corrected chi connectivity index (χ1v) is 7.51. The Morgan fingerprint density at radius 2 is 1.86 bits per heavy atom. The van der Waals surface area contributed by atoms with Gasteiger partial charge in [0.15, 0.2) is 5.82 Å². The van der Waals surface area contributed by atoms with E-state index in [1.165, 1.54) is 11.3 Å². The summed E-state index contributed by atoms with van der Waals surface area (Å²) in [6.45, 7) is 10.7. The van der Waals surface area contributed by atoms with Crippen LogP contribution >= 0.6 is 0 Å². The SMILES string of the molecule is CC(C)(C)c1cnn(-c2ccc(N3CCNCC3)cn2)c1. The smallest absolute Gasteiger partial charge is 0.153 e. The van der Waals surface area contributed by atoms with Crippen LogP contribution in [0.5, 0.6) is 0 Å². The molecule has 0 aromatic carbocycles. The molecule has 0 aliphatic carbocycles. The second-order valence-electron chi connectivity index (χ2n) is 6.54. The number of anilines is 1. The van der Waals surface area contributed by atoms with E-state index in [2.05, 4.69) is 53.3 Å². The average Bonchev–Trinajstić information content (AvgIpc) is 2.98. The van der Waals surface area contributed by atoms with Gasteiger partial charge in [0.1, 0.15) is 0 Å². The molecule has 1 fully saturated rings. The molecule has 1 saturated heterocycles. The molecule has 0 saturated carbocycles. The molecule has 5 nitrogen and oxygen atoms in total. The van der Waals surface area contributed by atoms with E-state index in [1.807, 2.05) is 23.1 Å². The fourth-order valence-electron chi connectivity index (χ4n) is 2.46. The van der Waals surface area contributed by atoms with Crippen LogP contribution in [0, 0.1) is 0 Å². The van der Waals surface area contributed by atoms with E-state index in [4.69, 9.17) is 0 Å². The third-order valence-corrected chi connectivity index (χ3v) is 3.90. The number of hydrogen-bond donors (Lipinski definition) is 1. The number of hydrogen-bond acceptors (Lipinski definition) is 4. The first-order chi connectivity index (χ1) is 10.0. The van der Waals surface area contributed by atoms with Gasteiger partial charge in [-0.2, -0.15) is 5.10 Å². The lowest BCUT2D eigenvalue weighted by atomic mass is 9.90. The molecule has 21 heavy (non-hydrogen) atoms. The lowest BCUT2D eigenvalue weighted by Crippen LogP contribution is -2.43. The van der Waals surface area contributed by atoms with Crippen molar-refractivity contribution in [3.63, 3.8) is 0 Å². The van der Waals surface area contributed by atoms with Gasteiger partial charge in [0.05, 0.1) is 18.1 Å². The molecule has 112 valence electrons. The zero-order valence-electron chi connectivity index (χ0n) is 13.0. The van der Waals surface area contributed by atoms with Crippen molar-refractivity contribution >= 4 is 5.69 Å². The summed E-state index contributed by atoms with van der Waals surface area (Å²) in [4.78, 5) is 6.92. The Bertz CT molecular complexity index is 588. The number of piperazine rings is 1. The van der Waals surface area contributed by atoms with E-state index in [9.17, 15) is 0 Å². The van der Waals surface area contributed by atoms with Crippen molar-refractivity contribution in [3.05, 3.63) is 36.3 Å². The fourth-order valence-corrected chi connectivity index (χ4v) is 2.46. The molecule has 0 radical (unpaired) electrons. The summed E-state index contributed by atoms with van der Waals surface area (Å²) >= 11 is 0. The van der Waals surface area contributed by atoms with Crippen molar-refractivity contribution in [1.29, 1.82) is 0 Å². The number of nitrogens with one attached hydrogen (secondary N) is 1. The highest BCUT2D eigenvalue weighted by Crippen LogP contribution is 2.22. The maximum absolute atomic E-state index is 4.56. The van der Waals surface area contributed by atoms with Crippen molar-refractivity contribution in [3.8, 4) is 5.82 Å². The Labute approximate surface area is 126 Å². The van der Waals surface area contributed by atoms with Gasteiger partial charge in [-0.3, -0.25) is 0 Å². The van der Waals surface area contributed by atoms with Crippen molar-refractivity contribution in [1.82, 2.24) is 20.1 Å². The molecule has 0 unspecified atom stereocenters. The number of nitrogens with zero attached hydrogens (tertiary/aromatic N) is 4. The third-order valence-electron chi connectivity index (χ3n) is 3.90. The highest BCUT2D eigenvalue weighted by atomic mass is 15.3. The van der Waals surface area contributed by atoms with Gasteiger partial charge >= 0.3 is 0 Å². The summed E-state index contributed by atoms with van der Waals surface area (Å²) in [5.74, 6) is 0.865. The summed E-state index contributed by atoms with van der Waals surface area (Å²) in [6.07, 6.45) is 5.93. The maximum Gasteiger partial charge on any atom is 0.153 e. The second kappa shape index (κ2) is 5.48. The topological polar surface area (TPSA) is 46.0 Å². The molecular formula is C16H23N5. The van der Waals surface area contributed by atoms with Gasteiger partial charge in [-0.25, -0.2) is 9.67 Å². The highest BCUT2D eigenvalue weighted by Gasteiger charge is 2.16. The van der Waals surface area contributed by atoms with Crippen molar-refractivity contribution < 1.29 is 0 Å². The van der Waals surface area contributed by atoms with Gasteiger partial charge < -0.3 is 10.2 Å². The predicted octanol–water partition coefficient (Wildman–Crippen LogP) is 1.97. The Balaban J connectivity index is 1.79. The van der Waals surface area contributed by atoms with Crippen LogP contribution in [-0.2, 0) is 5.41 Å². The molecule has 0 amide bonds. The van der Waals surface area contributed by atoms with Crippen LogP contribution in [0.15, 0.2) is 30.7 Å². The molecule has 2 aromatic rings. The summed E-state index contributed by atoms with van der Waals surface area (Å²) in [5, 5.41) is 7.79. The van der Waals surface area contributed by atoms with Gasteiger partial charge in [-0.15, -0.1) is 0 Å². The normalized spacial score (nSPS) is 16.2. The number of aromatic nitrogens is 3. The minimum atomic E-state index is 0.110. The minimum Gasteiger partial charge on any atom is -0.368 e. The van der Waals surface area contributed by atoms with E-state index in [-0.39, 0.29) is 5.41 Å². The third kappa shape index (κ3) is 3.08. The van der Waals surface area contributed by atoms with E-state index in [0.29, 0.717) is 0 Å². The molecule has 5 heteroatoms. The van der Waals surface area contributed by atoms with Crippen molar-refractivity contribution in [2.75, 3.05) is 31.1 Å². The first-order valence-electron chi connectivity index (χ1n) is 7.51. The number of pyridine rings is 1. The highest BCUT2D eigenvalue weighted by molar-refractivity contribution is 5.47. The van der Waals surface area contributed by atoms with Gasteiger partial charge in [0.25, 0.3) is 0 Å². The van der Waals surface area contributed by atoms with Gasteiger partial charge in [-0.1, -0.05) is 20.8 Å². The maximum atomic E-state index is 4.56. The molecular weight excluding hydrogens is 262 g/mol. The van der Waals surface area contributed by atoms with E-state index in [0.717, 1.165) is 32.0 Å². The van der Waals surface area contributed by atoms with Gasteiger partial charge in [-0.05, 0) is 23.1 Å². The molecule has 1 aliphatic rings. The van der Waals surface area contributed by atoms with Crippen LogP contribution in [0.2, 0.25) is 0 Å². The lowest BCUT2D eigenvalue weighted by Gasteiger charge is -2.29. The van der Waals surface area contributed by atoms with Crippen LogP contribution in [-0.4, -0.2) is 40.9 Å². The van der Waals surface area contributed by atoms with Gasteiger partial charge in [0, 0.05) is 32.4 Å². The Morgan fingerprint density at radius 3 is 2.43 bits per heavy atom. The van der Waals surface area contributed by atoms with Gasteiger partial charge in [0.2, 0.25) is 0 Å². The van der Waals surface area contributed by atoms with Crippen molar-refractivity contribution in [2.45, 2.75) is 26.2 Å². The minimum absolute atomic E-state index is 0.110. The largest absolute Gasteiger partial charge is 0.368 e. The molecule has 0 atom stereocenters. The van der Waals surface area contributed by atoms with Crippen LogP contribution in [0.1, 0.15) is 26.3 Å². The quantitative estimate of drug-likeness (QED) is 0.916.